The van der Waals surface area contributed by atoms with Gasteiger partial charge in [-0.25, -0.2) is 4.79 Å². The molecule has 3 nitrogen and oxygen atoms in total. The summed E-state index contributed by atoms with van der Waals surface area (Å²) in [5, 5.41) is 0. The monoisotopic (exact) mass is 179 g/mol. The summed E-state index contributed by atoms with van der Waals surface area (Å²) in [5.41, 5.74) is 0.956. The third-order valence-corrected chi connectivity index (χ3v) is 1.66. The average molecular weight is 179 g/mol. The molecule has 0 spiro atoms. The van der Waals surface area contributed by atoms with E-state index in [9.17, 15) is 4.79 Å². The molecular weight excluding hydrogens is 166 g/mol. The summed E-state index contributed by atoms with van der Waals surface area (Å²) in [6, 6.07) is 7.42. The van der Waals surface area contributed by atoms with Crippen LogP contribution >= 0.6 is 0 Å². The van der Waals surface area contributed by atoms with Crippen LogP contribution in [-0.4, -0.2) is 25.1 Å². The van der Waals surface area contributed by atoms with E-state index in [-0.39, 0.29) is 6.09 Å². The van der Waals surface area contributed by atoms with Crippen molar-refractivity contribution in [1.29, 1.82) is 0 Å². The molecular formula is C10H13NO2. The Balaban J connectivity index is 2.75. The first kappa shape index (κ1) is 9.58. The zero-order chi connectivity index (χ0) is 9.84. The zero-order valence-electron chi connectivity index (χ0n) is 8.07. The summed E-state index contributed by atoms with van der Waals surface area (Å²) in [4.78, 5) is 12.6. The lowest BCUT2D eigenvalue weighted by Crippen LogP contribution is -2.25. The SMILES string of the molecule is Cc1ccccc1OC(=O)N(C)C. The molecule has 0 heterocycles. The van der Waals surface area contributed by atoms with Crippen LogP contribution in [0.2, 0.25) is 0 Å². The van der Waals surface area contributed by atoms with Crippen molar-refractivity contribution in [3.05, 3.63) is 29.8 Å². The van der Waals surface area contributed by atoms with Crippen LogP contribution in [0.3, 0.4) is 0 Å². The van der Waals surface area contributed by atoms with Crippen molar-refractivity contribution in [3.8, 4) is 5.75 Å². The predicted octanol–water partition coefficient (Wildman–Crippen LogP) is 2.06. The predicted molar refractivity (Wildman–Crippen MR) is 50.9 cm³/mol. The number of carbonyl (C=O) groups excluding carboxylic acids is 1. The number of aryl methyl sites for hydroxylation is 1. The van der Waals surface area contributed by atoms with Crippen molar-refractivity contribution >= 4 is 6.09 Å². The molecule has 0 aliphatic carbocycles. The Kier molecular flexibility index (Phi) is 2.90. The fraction of sp³-hybridized carbons (Fsp3) is 0.300. The molecule has 0 saturated carbocycles. The van der Waals surface area contributed by atoms with Crippen LogP contribution in [0.1, 0.15) is 5.56 Å². The van der Waals surface area contributed by atoms with E-state index in [0.717, 1.165) is 5.56 Å². The minimum Gasteiger partial charge on any atom is -0.410 e. The molecule has 0 unspecified atom stereocenters. The largest absolute Gasteiger partial charge is 0.414 e. The number of para-hydroxylation sites is 1. The fourth-order valence-electron chi connectivity index (χ4n) is 0.856. The minimum atomic E-state index is -0.352. The lowest BCUT2D eigenvalue weighted by molar-refractivity contribution is 0.171. The summed E-state index contributed by atoms with van der Waals surface area (Å²) >= 11 is 0. The molecule has 0 bridgehead atoms. The molecule has 0 aliphatic heterocycles. The van der Waals surface area contributed by atoms with Crippen molar-refractivity contribution in [2.45, 2.75) is 6.92 Å². The molecule has 0 aliphatic rings. The van der Waals surface area contributed by atoms with Crippen LogP contribution in [-0.2, 0) is 0 Å². The van der Waals surface area contributed by atoms with Crippen molar-refractivity contribution in [1.82, 2.24) is 4.90 Å². The van der Waals surface area contributed by atoms with Gasteiger partial charge in [0, 0.05) is 14.1 Å². The Morgan fingerprint density at radius 2 is 1.92 bits per heavy atom. The van der Waals surface area contributed by atoms with Crippen LogP contribution in [0, 0.1) is 6.92 Å². The van der Waals surface area contributed by atoms with E-state index in [2.05, 4.69) is 0 Å². The van der Waals surface area contributed by atoms with Crippen molar-refractivity contribution in [2.24, 2.45) is 0 Å². The molecule has 1 amide bonds. The van der Waals surface area contributed by atoms with Gasteiger partial charge in [-0.05, 0) is 18.6 Å². The number of amides is 1. The third kappa shape index (κ3) is 2.47. The van der Waals surface area contributed by atoms with Gasteiger partial charge in [-0.3, -0.25) is 0 Å². The molecule has 0 N–H and O–H groups in total. The van der Waals surface area contributed by atoms with Gasteiger partial charge in [0.1, 0.15) is 5.75 Å². The average Bonchev–Trinajstić information content (AvgIpc) is 2.08. The molecule has 13 heavy (non-hydrogen) atoms. The van der Waals surface area contributed by atoms with E-state index in [0.29, 0.717) is 5.75 Å². The number of hydrogen-bond acceptors (Lipinski definition) is 2. The Bertz CT molecular complexity index is 308. The summed E-state index contributed by atoms with van der Waals surface area (Å²) in [6.45, 7) is 1.90. The number of nitrogens with zero attached hydrogens (tertiary/aromatic N) is 1. The molecule has 0 saturated heterocycles. The van der Waals surface area contributed by atoms with Gasteiger partial charge >= 0.3 is 6.09 Å². The van der Waals surface area contributed by atoms with Gasteiger partial charge in [-0.15, -0.1) is 0 Å². The first-order chi connectivity index (χ1) is 6.11. The quantitative estimate of drug-likeness (QED) is 0.660. The highest BCUT2D eigenvalue weighted by atomic mass is 16.6. The van der Waals surface area contributed by atoms with Crippen LogP contribution in [0.15, 0.2) is 24.3 Å². The smallest absolute Gasteiger partial charge is 0.410 e. The molecule has 3 heteroatoms. The van der Waals surface area contributed by atoms with Gasteiger partial charge in [0.2, 0.25) is 0 Å². The Morgan fingerprint density at radius 3 is 2.46 bits per heavy atom. The Labute approximate surface area is 77.9 Å². The van der Waals surface area contributed by atoms with E-state index in [1.807, 2.05) is 25.1 Å². The highest BCUT2D eigenvalue weighted by Gasteiger charge is 2.07. The van der Waals surface area contributed by atoms with E-state index in [4.69, 9.17) is 4.74 Å². The summed E-state index contributed by atoms with van der Waals surface area (Å²) < 4.78 is 5.09. The molecule has 0 fully saturated rings. The maximum atomic E-state index is 11.2. The normalized spacial score (nSPS) is 9.46. The molecule has 1 rings (SSSR count). The first-order valence-electron chi connectivity index (χ1n) is 4.06. The number of carbonyl (C=O) groups is 1. The Morgan fingerprint density at radius 1 is 1.31 bits per heavy atom. The molecule has 0 atom stereocenters. The lowest BCUT2D eigenvalue weighted by Gasteiger charge is -2.11. The van der Waals surface area contributed by atoms with E-state index >= 15 is 0 Å². The van der Waals surface area contributed by atoms with Gasteiger partial charge in [0.25, 0.3) is 0 Å². The molecule has 1 aromatic rings. The first-order valence-corrected chi connectivity index (χ1v) is 4.06. The fourth-order valence-corrected chi connectivity index (χ4v) is 0.856. The van der Waals surface area contributed by atoms with Crippen molar-refractivity contribution in [3.63, 3.8) is 0 Å². The van der Waals surface area contributed by atoms with Gasteiger partial charge in [-0.1, -0.05) is 18.2 Å². The maximum Gasteiger partial charge on any atom is 0.414 e. The number of ether oxygens (including phenoxy) is 1. The molecule has 0 aromatic heterocycles. The number of benzene rings is 1. The van der Waals surface area contributed by atoms with Crippen LogP contribution in [0.4, 0.5) is 4.79 Å². The second-order valence-corrected chi connectivity index (χ2v) is 3.03. The number of rotatable bonds is 1. The maximum absolute atomic E-state index is 11.2. The van der Waals surface area contributed by atoms with E-state index in [1.165, 1.54) is 4.90 Å². The third-order valence-electron chi connectivity index (χ3n) is 1.66. The molecule has 70 valence electrons. The summed E-state index contributed by atoms with van der Waals surface area (Å²) in [7, 11) is 3.31. The minimum absolute atomic E-state index is 0.352. The highest BCUT2D eigenvalue weighted by Crippen LogP contribution is 2.16. The lowest BCUT2D eigenvalue weighted by atomic mass is 10.2. The zero-order valence-corrected chi connectivity index (χ0v) is 8.07. The van der Waals surface area contributed by atoms with E-state index in [1.54, 1.807) is 20.2 Å². The van der Waals surface area contributed by atoms with Crippen molar-refractivity contribution in [2.75, 3.05) is 14.1 Å². The van der Waals surface area contributed by atoms with Gasteiger partial charge < -0.3 is 9.64 Å². The van der Waals surface area contributed by atoms with Crippen molar-refractivity contribution < 1.29 is 9.53 Å². The van der Waals surface area contributed by atoms with Gasteiger partial charge in [0.15, 0.2) is 0 Å². The second kappa shape index (κ2) is 3.94. The van der Waals surface area contributed by atoms with Gasteiger partial charge in [0.05, 0.1) is 0 Å². The van der Waals surface area contributed by atoms with Crippen LogP contribution in [0.5, 0.6) is 5.75 Å². The van der Waals surface area contributed by atoms with Gasteiger partial charge in [-0.2, -0.15) is 0 Å². The summed E-state index contributed by atoms with van der Waals surface area (Å²) in [6.07, 6.45) is -0.352. The highest BCUT2D eigenvalue weighted by molar-refractivity contribution is 5.70. The van der Waals surface area contributed by atoms with Crippen LogP contribution in [0.25, 0.3) is 0 Å². The number of hydrogen-bond donors (Lipinski definition) is 0. The second-order valence-electron chi connectivity index (χ2n) is 3.03. The van der Waals surface area contributed by atoms with Crippen LogP contribution < -0.4 is 4.74 Å². The molecule has 1 aromatic carbocycles. The Hall–Kier alpha value is -1.51. The van der Waals surface area contributed by atoms with E-state index < -0.39 is 0 Å². The topological polar surface area (TPSA) is 29.5 Å². The summed E-state index contributed by atoms with van der Waals surface area (Å²) in [5.74, 6) is 0.612. The molecule has 0 radical (unpaired) electrons. The standard InChI is InChI=1S/C10H13NO2/c1-8-6-4-5-7-9(8)13-10(12)11(2)3/h4-7H,1-3H3.